The average Bonchev–Trinajstić information content (AvgIpc) is 2.98. The fraction of sp³-hybridized carbons (Fsp3) is 0.562. The number of rotatable bonds is 5. The minimum Gasteiger partial charge on any atom is -0.394 e. The van der Waals surface area contributed by atoms with Crippen LogP contribution in [-0.2, 0) is 10.3 Å². The molecule has 4 nitrogen and oxygen atoms in total. The molecule has 0 spiro atoms. The number of nitrogens with one attached hydrogen (secondary N) is 2. The quantitative estimate of drug-likeness (QED) is 0.762. The molecule has 0 aliphatic carbocycles. The number of benzene rings is 1. The van der Waals surface area contributed by atoms with Gasteiger partial charge in [0.2, 0.25) is 5.91 Å². The van der Waals surface area contributed by atoms with Crippen LogP contribution < -0.4 is 10.6 Å². The zero-order chi connectivity index (χ0) is 14.6. The summed E-state index contributed by atoms with van der Waals surface area (Å²) in [6.45, 7) is 5.39. The first-order chi connectivity index (χ1) is 9.56. The third-order valence-electron chi connectivity index (χ3n) is 4.52. The smallest absolute Gasteiger partial charge is 0.228 e. The van der Waals surface area contributed by atoms with Gasteiger partial charge >= 0.3 is 0 Å². The third-order valence-corrected chi connectivity index (χ3v) is 4.52. The van der Waals surface area contributed by atoms with E-state index in [1.54, 1.807) is 0 Å². The van der Waals surface area contributed by atoms with Crippen LogP contribution in [0.15, 0.2) is 30.3 Å². The standard InChI is InChI=1S/C16H24N2O2/c1-3-16(9-10-17-11-16)14(20)18-15(2,12-19)13-7-5-4-6-8-13/h4-8,17,19H,3,9-12H2,1-2H3,(H,18,20). The molecule has 0 radical (unpaired) electrons. The van der Waals surface area contributed by atoms with Crippen LogP contribution in [0.4, 0.5) is 0 Å². The van der Waals surface area contributed by atoms with Crippen molar-refractivity contribution in [2.45, 2.75) is 32.2 Å². The van der Waals surface area contributed by atoms with E-state index < -0.39 is 5.54 Å². The average molecular weight is 276 g/mol. The Hall–Kier alpha value is -1.39. The zero-order valence-corrected chi connectivity index (χ0v) is 12.3. The van der Waals surface area contributed by atoms with Crippen LogP contribution >= 0.6 is 0 Å². The van der Waals surface area contributed by atoms with E-state index in [0.717, 1.165) is 24.9 Å². The van der Waals surface area contributed by atoms with Gasteiger partial charge in [0.05, 0.1) is 17.6 Å². The third kappa shape index (κ3) is 2.72. The molecule has 110 valence electrons. The summed E-state index contributed by atoms with van der Waals surface area (Å²) in [6, 6.07) is 9.63. The number of hydrogen-bond donors (Lipinski definition) is 3. The molecule has 1 saturated heterocycles. The molecule has 1 fully saturated rings. The first-order valence-electron chi connectivity index (χ1n) is 7.26. The number of carbonyl (C=O) groups is 1. The van der Waals surface area contributed by atoms with Crippen LogP contribution in [0.2, 0.25) is 0 Å². The summed E-state index contributed by atoms with van der Waals surface area (Å²) < 4.78 is 0. The molecular weight excluding hydrogens is 252 g/mol. The molecule has 2 rings (SSSR count). The van der Waals surface area contributed by atoms with Crippen molar-refractivity contribution >= 4 is 5.91 Å². The Balaban J connectivity index is 2.20. The molecule has 0 saturated carbocycles. The second-order valence-electron chi connectivity index (χ2n) is 5.87. The second kappa shape index (κ2) is 5.94. The lowest BCUT2D eigenvalue weighted by molar-refractivity contribution is -0.133. The first kappa shape index (κ1) is 15.0. The highest BCUT2D eigenvalue weighted by Crippen LogP contribution is 2.31. The van der Waals surface area contributed by atoms with Gasteiger partial charge in [0.25, 0.3) is 0 Å². The number of carbonyl (C=O) groups excluding carboxylic acids is 1. The van der Waals surface area contributed by atoms with Gasteiger partial charge < -0.3 is 15.7 Å². The summed E-state index contributed by atoms with van der Waals surface area (Å²) in [7, 11) is 0. The van der Waals surface area contributed by atoms with Gasteiger partial charge in [-0.3, -0.25) is 4.79 Å². The molecule has 0 bridgehead atoms. The van der Waals surface area contributed by atoms with Crippen LogP contribution in [0.1, 0.15) is 32.3 Å². The number of aliphatic hydroxyl groups is 1. The molecule has 1 aromatic carbocycles. The Kier molecular flexibility index (Phi) is 4.45. The maximum absolute atomic E-state index is 12.7. The molecule has 0 aromatic heterocycles. The molecule has 4 heteroatoms. The molecule has 1 aliphatic heterocycles. The van der Waals surface area contributed by atoms with E-state index in [1.165, 1.54) is 0 Å². The van der Waals surface area contributed by atoms with Crippen molar-refractivity contribution in [1.82, 2.24) is 10.6 Å². The molecule has 1 heterocycles. The van der Waals surface area contributed by atoms with Gasteiger partial charge in [-0.25, -0.2) is 0 Å². The molecule has 1 amide bonds. The minimum atomic E-state index is -0.733. The molecule has 2 unspecified atom stereocenters. The van der Waals surface area contributed by atoms with E-state index in [2.05, 4.69) is 10.6 Å². The second-order valence-corrected chi connectivity index (χ2v) is 5.87. The largest absolute Gasteiger partial charge is 0.394 e. The van der Waals surface area contributed by atoms with Crippen molar-refractivity contribution in [2.75, 3.05) is 19.7 Å². The molecule has 1 aromatic rings. The van der Waals surface area contributed by atoms with E-state index in [0.29, 0.717) is 6.54 Å². The van der Waals surface area contributed by atoms with E-state index in [4.69, 9.17) is 0 Å². The summed E-state index contributed by atoms with van der Waals surface area (Å²) in [5.41, 5.74) is -0.151. The van der Waals surface area contributed by atoms with Gasteiger partial charge in [-0.05, 0) is 31.9 Å². The Morgan fingerprint density at radius 3 is 2.65 bits per heavy atom. The SMILES string of the molecule is CCC1(C(=O)NC(C)(CO)c2ccccc2)CCNC1. The van der Waals surface area contributed by atoms with E-state index in [-0.39, 0.29) is 17.9 Å². The topological polar surface area (TPSA) is 61.4 Å². The van der Waals surface area contributed by atoms with Gasteiger partial charge in [-0.1, -0.05) is 37.3 Å². The minimum absolute atomic E-state index is 0.0328. The highest BCUT2D eigenvalue weighted by molar-refractivity contribution is 5.84. The normalized spacial score (nSPS) is 25.1. The van der Waals surface area contributed by atoms with E-state index >= 15 is 0 Å². The fourth-order valence-electron chi connectivity index (χ4n) is 2.79. The van der Waals surface area contributed by atoms with Gasteiger partial charge in [0.1, 0.15) is 0 Å². The van der Waals surface area contributed by atoms with Gasteiger partial charge in [-0.15, -0.1) is 0 Å². The Labute approximate surface area is 120 Å². The van der Waals surface area contributed by atoms with Crippen molar-refractivity contribution in [3.05, 3.63) is 35.9 Å². The molecular formula is C16H24N2O2. The summed E-state index contributed by atoms with van der Waals surface area (Å²) in [6.07, 6.45) is 1.66. The van der Waals surface area contributed by atoms with Crippen molar-refractivity contribution < 1.29 is 9.90 Å². The molecule has 3 N–H and O–H groups in total. The lowest BCUT2D eigenvalue weighted by atomic mass is 9.81. The zero-order valence-electron chi connectivity index (χ0n) is 12.3. The fourth-order valence-corrected chi connectivity index (χ4v) is 2.79. The highest BCUT2D eigenvalue weighted by atomic mass is 16.3. The molecule has 1 aliphatic rings. The lowest BCUT2D eigenvalue weighted by Crippen LogP contribution is -2.52. The molecule has 20 heavy (non-hydrogen) atoms. The predicted molar refractivity (Wildman–Crippen MR) is 79.2 cm³/mol. The lowest BCUT2D eigenvalue weighted by Gasteiger charge is -2.34. The van der Waals surface area contributed by atoms with Crippen LogP contribution in [-0.4, -0.2) is 30.7 Å². The Morgan fingerprint density at radius 1 is 1.45 bits per heavy atom. The summed E-state index contributed by atoms with van der Waals surface area (Å²) in [5.74, 6) is 0.0328. The van der Waals surface area contributed by atoms with Crippen molar-refractivity contribution in [3.8, 4) is 0 Å². The van der Waals surface area contributed by atoms with Crippen LogP contribution in [0.3, 0.4) is 0 Å². The maximum Gasteiger partial charge on any atom is 0.228 e. The summed E-state index contributed by atoms with van der Waals surface area (Å²) in [5, 5.41) is 16.1. The van der Waals surface area contributed by atoms with Crippen LogP contribution in [0, 0.1) is 5.41 Å². The highest BCUT2D eigenvalue weighted by Gasteiger charge is 2.42. The van der Waals surface area contributed by atoms with E-state index in [1.807, 2.05) is 44.2 Å². The Bertz CT molecular complexity index is 455. The van der Waals surface area contributed by atoms with Crippen molar-refractivity contribution in [3.63, 3.8) is 0 Å². The number of hydrogen-bond acceptors (Lipinski definition) is 3. The van der Waals surface area contributed by atoms with Crippen LogP contribution in [0.5, 0.6) is 0 Å². The Morgan fingerprint density at radius 2 is 2.15 bits per heavy atom. The van der Waals surface area contributed by atoms with E-state index in [9.17, 15) is 9.90 Å². The predicted octanol–water partition coefficient (Wildman–Crippen LogP) is 1.40. The molecule has 2 atom stereocenters. The summed E-state index contributed by atoms with van der Waals surface area (Å²) >= 11 is 0. The van der Waals surface area contributed by atoms with Crippen molar-refractivity contribution in [2.24, 2.45) is 5.41 Å². The van der Waals surface area contributed by atoms with Gasteiger partial charge in [0.15, 0.2) is 0 Å². The summed E-state index contributed by atoms with van der Waals surface area (Å²) in [4.78, 5) is 12.7. The number of amides is 1. The first-order valence-corrected chi connectivity index (χ1v) is 7.26. The monoisotopic (exact) mass is 276 g/mol. The van der Waals surface area contributed by atoms with Crippen molar-refractivity contribution in [1.29, 1.82) is 0 Å². The van der Waals surface area contributed by atoms with Gasteiger partial charge in [0, 0.05) is 6.54 Å². The van der Waals surface area contributed by atoms with Gasteiger partial charge in [-0.2, -0.15) is 0 Å². The van der Waals surface area contributed by atoms with Crippen LogP contribution in [0.25, 0.3) is 0 Å². The number of aliphatic hydroxyl groups excluding tert-OH is 1. The maximum atomic E-state index is 12.7.